The van der Waals surface area contributed by atoms with Crippen LogP contribution in [0, 0.1) is 12.7 Å². The molecule has 0 spiro atoms. The summed E-state index contributed by atoms with van der Waals surface area (Å²) in [5, 5.41) is 1.21. The van der Waals surface area contributed by atoms with E-state index in [-0.39, 0.29) is 11.6 Å². The Bertz CT molecular complexity index is 1410. The maximum atomic E-state index is 13.8. The Labute approximate surface area is 200 Å². The number of para-hydroxylation sites is 1. The van der Waals surface area contributed by atoms with Gasteiger partial charge >= 0.3 is 0 Å². The van der Waals surface area contributed by atoms with E-state index in [1.54, 1.807) is 16.4 Å². The Morgan fingerprint density at radius 1 is 0.882 bits per heavy atom. The molecule has 5 rings (SSSR count). The fourth-order valence-corrected chi connectivity index (χ4v) is 6.86. The van der Waals surface area contributed by atoms with Crippen molar-refractivity contribution in [1.29, 1.82) is 0 Å². The summed E-state index contributed by atoms with van der Waals surface area (Å²) in [5.74, 6) is 0.113. The largest absolute Gasteiger partial charge is 0.340 e. The Morgan fingerprint density at radius 3 is 2.29 bits per heavy atom. The van der Waals surface area contributed by atoms with Crippen molar-refractivity contribution in [2.45, 2.75) is 38.0 Å². The monoisotopic (exact) mass is 476 g/mol. The zero-order chi connectivity index (χ0) is 23.7. The Morgan fingerprint density at radius 2 is 1.56 bits per heavy atom. The molecule has 0 atom stereocenters. The molecule has 0 bridgehead atoms. The molecule has 176 valence electrons. The standard InChI is InChI=1S/C28H29FN2O2S/c1-21-28(24-14-16-30(17-15-24)34(32,33)20-22-8-3-2-4-9-22)26-12-5-6-13-27(26)31(21)19-23-10-7-11-25(29)18-23/h2-13,18,24H,14-17,19-20H2,1H3. The van der Waals surface area contributed by atoms with E-state index < -0.39 is 10.0 Å². The van der Waals surface area contributed by atoms with Crippen LogP contribution in [-0.4, -0.2) is 30.4 Å². The van der Waals surface area contributed by atoms with Gasteiger partial charge in [-0.2, -0.15) is 0 Å². The summed E-state index contributed by atoms with van der Waals surface area (Å²) in [6.45, 7) is 3.80. The van der Waals surface area contributed by atoms with Gasteiger partial charge in [-0.05, 0) is 60.6 Å². The fraction of sp³-hybridized carbons (Fsp3) is 0.286. The van der Waals surface area contributed by atoms with Crippen molar-refractivity contribution in [3.63, 3.8) is 0 Å². The average Bonchev–Trinajstić information content (AvgIpc) is 3.11. The van der Waals surface area contributed by atoms with Crippen molar-refractivity contribution in [3.05, 3.63) is 107 Å². The summed E-state index contributed by atoms with van der Waals surface area (Å²) in [4.78, 5) is 0. The smallest absolute Gasteiger partial charge is 0.218 e. The van der Waals surface area contributed by atoms with Crippen LogP contribution >= 0.6 is 0 Å². The number of piperidine rings is 1. The molecule has 1 saturated heterocycles. The van der Waals surface area contributed by atoms with Crippen LogP contribution < -0.4 is 0 Å². The van der Waals surface area contributed by atoms with Crippen molar-refractivity contribution in [1.82, 2.24) is 8.87 Å². The van der Waals surface area contributed by atoms with Crippen LogP contribution in [0.3, 0.4) is 0 Å². The van der Waals surface area contributed by atoms with E-state index in [1.807, 2.05) is 42.5 Å². The summed E-state index contributed by atoms with van der Waals surface area (Å²) in [5.41, 5.74) is 5.36. The molecule has 6 heteroatoms. The van der Waals surface area contributed by atoms with Gasteiger partial charge in [0.05, 0.1) is 5.75 Å². The molecule has 0 radical (unpaired) electrons. The lowest BCUT2D eigenvalue weighted by molar-refractivity contribution is 0.319. The molecular weight excluding hydrogens is 447 g/mol. The maximum absolute atomic E-state index is 13.8. The van der Waals surface area contributed by atoms with Gasteiger partial charge < -0.3 is 4.57 Å². The Hall–Kier alpha value is -2.96. The highest BCUT2D eigenvalue weighted by molar-refractivity contribution is 7.88. The van der Waals surface area contributed by atoms with Gasteiger partial charge in [-0.3, -0.25) is 0 Å². The van der Waals surface area contributed by atoms with Crippen LogP contribution in [-0.2, 0) is 22.3 Å². The minimum absolute atomic E-state index is 0.0461. The third-order valence-corrected chi connectivity index (χ3v) is 8.81. The van der Waals surface area contributed by atoms with Gasteiger partial charge in [0.1, 0.15) is 5.82 Å². The number of nitrogens with zero attached hydrogens (tertiary/aromatic N) is 2. The van der Waals surface area contributed by atoms with E-state index >= 15 is 0 Å². The van der Waals surface area contributed by atoms with Crippen molar-refractivity contribution in [2.75, 3.05) is 13.1 Å². The summed E-state index contributed by atoms with van der Waals surface area (Å²) < 4.78 is 43.7. The topological polar surface area (TPSA) is 42.3 Å². The van der Waals surface area contributed by atoms with Gasteiger partial charge in [0, 0.05) is 36.2 Å². The van der Waals surface area contributed by atoms with Gasteiger partial charge in [-0.1, -0.05) is 60.7 Å². The number of sulfonamides is 1. The highest BCUT2D eigenvalue weighted by Crippen LogP contribution is 2.38. The van der Waals surface area contributed by atoms with E-state index in [1.165, 1.54) is 22.7 Å². The molecule has 0 unspecified atom stereocenters. The number of rotatable bonds is 6. The lowest BCUT2D eigenvalue weighted by Crippen LogP contribution is -2.38. The third kappa shape index (κ3) is 4.52. The fourth-order valence-electron chi connectivity index (χ4n) is 5.29. The first kappa shape index (κ1) is 22.8. The molecule has 0 amide bonds. The second-order valence-electron chi connectivity index (χ2n) is 9.15. The van der Waals surface area contributed by atoms with Crippen LogP contribution in [0.25, 0.3) is 10.9 Å². The summed E-state index contributed by atoms with van der Waals surface area (Å²) in [7, 11) is -3.34. The minimum atomic E-state index is -3.34. The molecule has 0 saturated carbocycles. The van der Waals surface area contributed by atoms with E-state index in [0.29, 0.717) is 25.6 Å². The van der Waals surface area contributed by atoms with Crippen LogP contribution in [0.2, 0.25) is 0 Å². The van der Waals surface area contributed by atoms with Gasteiger partial charge in [-0.25, -0.2) is 17.1 Å². The van der Waals surface area contributed by atoms with Gasteiger partial charge in [0.2, 0.25) is 10.0 Å². The molecule has 4 nitrogen and oxygen atoms in total. The molecule has 3 aromatic carbocycles. The number of fused-ring (bicyclic) bond motifs is 1. The second-order valence-corrected chi connectivity index (χ2v) is 11.1. The number of hydrogen-bond donors (Lipinski definition) is 0. The third-order valence-electron chi connectivity index (χ3n) is 6.96. The summed E-state index contributed by atoms with van der Waals surface area (Å²) >= 11 is 0. The second kappa shape index (κ2) is 9.35. The number of aromatic nitrogens is 1. The van der Waals surface area contributed by atoms with Crippen LogP contribution in [0.1, 0.15) is 41.1 Å². The minimum Gasteiger partial charge on any atom is -0.340 e. The normalized spacial score (nSPS) is 15.7. The van der Waals surface area contributed by atoms with Gasteiger partial charge in [0.25, 0.3) is 0 Å². The number of halogens is 1. The highest BCUT2D eigenvalue weighted by Gasteiger charge is 2.31. The summed E-state index contributed by atoms with van der Waals surface area (Å²) in [6.07, 6.45) is 1.59. The summed E-state index contributed by atoms with van der Waals surface area (Å²) in [6, 6.07) is 24.5. The average molecular weight is 477 g/mol. The molecular formula is C28H29FN2O2S. The quantitative estimate of drug-likeness (QED) is 0.351. The van der Waals surface area contributed by atoms with Crippen LogP contribution in [0.4, 0.5) is 4.39 Å². The van der Waals surface area contributed by atoms with Crippen molar-refractivity contribution in [3.8, 4) is 0 Å². The van der Waals surface area contributed by atoms with Crippen LogP contribution in [0.15, 0.2) is 78.9 Å². The molecule has 0 N–H and O–H groups in total. The zero-order valence-corrected chi connectivity index (χ0v) is 20.1. The number of hydrogen-bond acceptors (Lipinski definition) is 2. The Balaban J connectivity index is 1.39. The molecule has 1 aliphatic rings. The van der Waals surface area contributed by atoms with Gasteiger partial charge in [0.15, 0.2) is 0 Å². The van der Waals surface area contributed by atoms with Crippen molar-refractivity contribution < 1.29 is 12.8 Å². The molecule has 1 aliphatic heterocycles. The first-order valence-electron chi connectivity index (χ1n) is 11.8. The lowest BCUT2D eigenvalue weighted by atomic mass is 9.88. The van der Waals surface area contributed by atoms with E-state index in [2.05, 4.69) is 29.7 Å². The van der Waals surface area contributed by atoms with Crippen molar-refractivity contribution in [2.24, 2.45) is 0 Å². The van der Waals surface area contributed by atoms with E-state index in [4.69, 9.17) is 0 Å². The molecule has 34 heavy (non-hydrogen) atoms. The van der Waals surface area contributed by atoms with Crippen molar-refractivity contribution >= 4 is 20.9 Å². The molecule has 4 aromatic rings. The molecule has 1 aromatic heterocycles. The van der Waals surface area contributed by atoms with E-state index in [0.717, 1.165) is 29.5 Å². The van der Waals surface area contributed by atoms with E-state index in [9.17, 15) is 12.8 Å². The SMILES string of the molecule is Cc1c(C2CCN(S(=O)(=O)Cc3ccccc3)CC2)c2ccccc2n1Cc1cccc(F)c1. The molecule has 1 fully saturated rings. The lowest BCUT2D eigenvalue weighted by Gasteiger charge is -2.31. The highest BCUT2D eigenvalue weighted by atomic mass is 32.2. The predicted octanol–water partition coefficient (Wildman–Crippen LogP) is 5.85. The predicted molar refractivity (Wildman–Crippen MR) is 135 cm³/mol. The molecule has 0 aliphatic carbocycles. The molecule has 2 heterocycles. The Kier molecular flexibility index (Phi) is 6.28. The van der Waals surface area contributed by atoms with Crippen LogP contribution in [0.5, 0.6) is 0 Å². The zero-order valence-electron chi connectivity index (χ0n) is 19.3. The first-order chi connectivity index (χ1) is 16.4. The maximum Gasteiger partial charge on any atom is 0.218 e. The van der Waals surface area contributed by atoms with Gasteiger partial charge in [-0.15, -0.1) is 0 Å². The first-order valence-corrected chi connectivity index (χ1v) is 13.4. The number of benzene rings is 3.